The topological polar surface area (TPSA) is 269 Å². The van der Waals surface area contributed by atoms with Gasteiger partial charge in [0.1, 0.15) is 23.7 Å². The van der Waals surface area contributed by atoms with Crippen LogP contribution in [0, 0.1) is 6.92 Å². The first kappa shape index (κ1) is 45.4. The Bertz CT molecular complexity index is 2220. The van der Waals surface area contributed by atoms with Gasteiger partial charge in [0.15, 0.2) is 5.96 Å². The van der Waals surface area contributed by atoms with E-state index in [4.69, 9.17) is 17.2 Å². The van der Waals surface area contributed by atoms with Crippen LogP contribution in [0.1, 0.15) is 73.3 Å². The van der Waals surface area contributed by atoms with Gasteiger partial charge in [-0.3, -0.25) is 33.8 Å². The van der Waals surface area contributed by atoms with E-state index in [0.717, 1.165) is 45.1 Å². The highest BCUT2D eigenvalue weighted by Gasteiger charge is 2.44. The lowest BCUT2D eigenvalue weighted by Gasteiger charge is -2.39. The molecule has 0 saturated carbocycles. The number of aryl methyl sites for hydroxylation is 1. The Morgan fingerprint density at radius 2 is 1.51 bits per heavy atom. The maximum Gasteiger partial charge on any atom is 0.246 e. The van der Waals surface area contributed by atoms with Crippen LogP contribution in [0.4, 0.5) is 0 Å². The zero-order chi connectivity index (χ0) is 43.9. The molecule has 0 bridgehead atoms. The van der Waals surface area contributed by atoms with Gasteiger partial charge in [0, 0.05) is 49.3 Å². The Morgan fingerprint density at radius 1 is 0.803 bits per heavy atom. The molecule has 1 aromatic heterocycles. The van der Waals surface area contributed by atoms with Gasteiger partial charge < -0.3 is 48.8 Å². The molecular formula is C45H58N10O6. The number of fused-ring (bicyclic) bond motifs is 2. The third-order valence-electron chi connectivity index (χ3n) is 11.0. The van der Waals surface area contributed by atoms with E-state index in [1.807, 2.05) is 86.6 Å². The molecule has 12 N–H and O–H groups in total. The number of hydrogen-bond acceptors (Lipinski definition) is 7. The van der Waals surface area contributed by atoms with Crippen molar-refractivity contribution in [2.45, 2.75) is 102 Å². The van der Waals surface area contributed by atoms with E-state index >= 15 is 0 Å². The van der Waals surface area contributed by atoms with Crippen molar-refractivity contribution < 1.29 is 28.8 Å². The number of amides is 6. The van der Waals surface area contributed by atoms with Crippen LogP contribution in [0.5, 0.6) is 0 Å². The van der Waals surface area contributed by atoms with Gasteiger partial charge in [-0.1, -0.05) is 80.1 Å². The number of unbranched alkanes of at least 4 members (excludes halogenated alkanes) is 1. The fourth-order valence-electron chi connectivity index (χ4n) is 7.76. The number of aromatic nitrogens is 1. The minimum absolute atomic E-state index is 0.0381. The number of aromatic amines is 1. The normalized spacial score (nSPS) is 15.9. The number of nitrogens with zero attached hydrogens (tertiary/aromatic N) is 1. The number of benzene rings is 3. The predicted molar refractivity (Wildman–Crippen MR) is 234 cm³/mol. The summed E-state index contributed by atoms with van der Waals surface area (Å²) in [5.74, 6) is -3.69. The summed E-state index contributed by atoms with van der Waals surface area (Å²) in [6, 6.07) is 18.9. The van der Waals surface area contributed by atoms with E-state index in [-0.39, 0.29) is 56.9 Å². The number of para-hydroxylation sites is 1. The molecule has 3 aromatic carbocycles. The van der Waals surface area contributed by atoms with Gasteiger partial charge in [0.25, 0.3) is 0 Å². The fourth-order valence-corrected chi connectivity index (χ4v) is 7.76. The van der Waals surface area contributed by atoms with Crippen molar-refractivity contribution in [2.75, 3.05) is 13.1 Å². The molecule has 4 atom stereocenters. The highest BCUT2D eigenvalue weighted by atomic mass is 16.2. The number of guanidine groups is 1. The summed E-state index contributed by atoms with van der Waals surface area (Å²) in [5.41, 5.74) is 20.6. The van der Waals surface area contributed by atoms with Crippen LogP contribution < -0.4 is 43.8 Å². The van der Waals surface area contributed by atoms with Crippen molar-refractivity contribution in [1.82, 2.24) is 31.6 Å². The van der Waals surface area contributed by atoms with E-state index in [1.165, 1.54) is 0 Å². The van der Waals surface area contributed by atoms with Gasteiger partial charge in [0.2, 0.25) is 35.4 Å². The molecule has 0 fully saturated rings. The first-order chi connectivity index (χ1) is 29.3. The lowest BCUT2D eigenvalue weighted by molar-refractivity contribution is -0.137. The van der Waals surface area contributed by atoms with Gasteiger partial charge in [0.05, 0.1) is 6.54 Å². The molecule has 16 heteroatoms. The summed E-state index contributed by atoms with van der Waals surface area (Å²) in [6.45, 7) is 3.70. The maximum absolute atomic E-state index is 14.7. The molecule has 61 heavy (non-hydrogen) atoms. The van der Waals surface area contributed by atoms with E-state index in [2.05, 4.69) is 36.6 Å². The Hall–Kier alpha value is -6.71. The molecule has 6 amide bonds. The highest BCUT2D eigenvalue weighted by Crippen LogP contribution is 2.32. The number of rotatable bonds is 21. The average molecular weight is 835 g/mol. The Morgan fingerprint density at radius 3 is 2.25 bits per heavy atom. The number of primary amides is 1. The largest absolute Gasteiger partial charge is 0.370 e. The summed E-state index contributed by atoms with van der Waals surface area (Å²) >= 11 is 0. The molecular weight excluding hydrogens is 777 g/mol. The second-order valence-corrected chi connectivity index (χ2v) is 15.7. The molecule has 16 nitrogen and oxygen atoms in total. The number of hydrogen-bond donors (Lipinski definition) is 9. The number of nitrogens with two attached hydrogens (primary N) is 3. The van der Waals surface area contributed by atoms with E-state index in [9.17, 15) is 28.8 Å². The number of nitrogens with one attached hydrogen (secondary N) is 6. The summed E-state index contributed by atoms with van der Waals surface area (Å²) in [4.78, 5) is 89.2. The van der Waals surface area contributed by atoms with Crippen molar-refractivity contribution in [2.24, 2.45) is 22.2 Å². The van der Waals surface area contributed by atoms with Crippen LogP contribution in [0.3, 0.4) is 0 Å². The molecule has 0 saturated heterocycles. The average Bonchev–Trinajstić information content (AvgIpc) is 3.65. The lowest BCUT2D eigenvalue weighted by Crippen LogP contribution is -2.65. The van der Waals surface area contributed by atoms with E-state index in [1.54, 1.807) is 6.20 Å². The van der Waals surface area contributed by atoms with Crippen LogP contribution >= 0.6 is 0 Å². The SMILES string of the molecule is CCCCC(=O)N[C@]1(C(=O)N[C@H](Cc2ccccc2)C(=O)N[C@@H](CCCN=C(N)N)C(=O)N[C@@H](Cc2c[nH]c3ccccc23)C(=O)NCC(N)=O)CCc2c(C)cccc2C1. The van der Waals surface area contributed by atoms with E-state index < -0.39 is 59.7 Å². The number of H-pyrrole nitrogens is 1. The van der Waals surface area contributed by atoms with Gasteiger partial charge in [-0.25, -0.2) is 0 Å². The van der Waals surface area contributed by atoms with Crippen molar-refractivity contribution in [3.05, 3.63) is 107 Å². The van der Waals surface area contributed by atoms with Gasteiger partial charge in [-0.15, -0.1) is 0 Å². The molecule has 1 aliphatic rings. The van der Waals surface area contributed by atoms with Crippen LogP contribution in [-0.2, 0) is 54.5 Å². The predicted octanol–water partition coefficient (Wildman–Crippen LogP) is 1.61. The minimum Gasteiger partial charge on any atom is -0.370 e. The van der Waals surface area contributed by atoms with Gasteiger partial charge in [-0.2, -0.15) is 0 Å². The van der Waals surface area contributed by atoms with Crippen molar-refractivity contribution in [3.8, 4) is 0 Å². The first-order valence-corrected chi connectivity index (χ1v) is 20.8. The highest BCUT2D eigenvalue weighted by molar-refractivity contribution is 5.98. The molecule has 324 valence electrons. The molecule has 4 aromatic rings. The Labute approximate surface area is 355 Å². The molecule has 0 aliphatic heterocycles. The molecule has 5 rings (SSSR count). The molecule has 0 unspecified atom stereocenters. The summed E-state index contributed by atoms with van der Waals surface area (Å²) < 4.78 is 0. The summed E-state index contributed by atoms with van der Waals surface area (Å²) in [7, 11) is 0. The van der Waals surface area contributed by atoms with Crippen molar-refractivity contribution in [1.29, 1.82) is 0 Å². The second-order valence-electron chi connectivity index (χ2n) is 15.7. The summed E-state index contributed by atoms with van der Waals surface area (Å²) in [5, 5.41) is 15.0. The van der Waals surface area contributed by atoms with Crippen LogP contribution in [0.15, 0.2) is 84.0 Å². The van der Waals surface area contributed by atoms with Crippen molar-refractivity contribution in [3.63, 3.8) is 0 Å². The summed E-state index contributed by atoms with van der Waals surface area (Å²) in [6.07, 6.45) is 4.96. The third kappa shape index (κ3) is 12.6. The second kappa shape index (κ2) is 21.5. The number of carbonyl (C=O) groups is 6. The fraction of sp³-hybridized carbons (Fsp3) is 0.400. The molecule has 0 spiro atoms. The monoisotopic (exact) mass is 834 g/mol. The maximum atomic E-state index is 14.7. The quantitative estimate of drug-likeness (QED) is 0.0337. The van der Waals surface area contributed by atoms with Crippen molar-refractivity contribution >= 4 is 52.3 Å². The molecule has 1 heterocycles. The zero-order valence-electron chi connectivity index (χ0n) is 34.9. The molecule has 0 radical (unpaired) electrons. The van der Waals surface area contributed by atoms with Crippen LogP contribution in [0.25, 0.3) is 10.9 Å². The van der Waals surface area contributed by atoms with Gasteiger partial charge in [-0.05, 0) is 72.9 Å². The Balaban J connectivity index is 1.44. The molecule has 1 aliphatic carbocycles. The third-order valence-corrected chi connectivity index (χ3v) is 11.0. The number of aliphatic imine (C=N–C) groups is 1. The first-order valence-electron chi connectivity index (χ1n) is 20.8. The van der Waals surface area contributed by atoms with Crippen LogP contribution in [0.2, 0.25) is 0 Å². The van der Waals surface area contributed by atoms with E-state index in [0.29, 0.717) is 19.3 Å². The zero-order valence-corrected chi connectivity index (χ0v) is 34.9. The number of carbonyl (C=O) groups excluding carboxylic acids is 6. The van der Waals surface area contributed by atoms with Gasteiger partial charge >= 0.3 is 0 Å². The smallest absolute Gasteiger partial charge is 0.246 e. The minimum atomic E-state index is -1.34. The van der Waals surface area contributed by atoms with Crippen LogP contribution in [-0.4, -0.2) is 83.1 Å². The standard InChI is InChI=1S/C45H58N10O6/c1-3-4-19-39(57)55-45(21-20-32-28(2)12-10-15-30(32)25-45)43(61)54-36(23-29-13-6-5-7-14-29)42(60)52-35(18-11-22-49-44(47)48)41(59)53-37(40(58)51-27-38(46)56)24-31-26-50-34-17-9-8-16-33(31)34/h5-10,12-17,26,35-37,50H,3-4,11,18-25,27H2,1-2H3,(H2,46,56)(H,51,58)(H,52,60)(H,53,59)(H,54,61)(H,55,57)(H4,47,48,49)/t35-,36+,37-,45+/m0/s1. The lowest BCUT2D eigenvalue weighted by atomic mass is 9.75. The Kier molecular flexibility index (Phi) is 16.0.